The summed E-state index contributed by atoms with van der Waals surface area (Å²) in [6, 6.07) is 4.03. The number of hydrogen-bond donors (Lipinski definition) is 1. The van der Waals surface area contributed by atoms with Gasteiger partial charge in [-0.3, -0.25) is 14.2 Å². The van der Waals surface area contributed by atoms with Crippen molar-refractivity contribution < 1.29 is 27.8 Å². The number of carbonyl (C=O) groups is 1. The van der Waals surface area contributed by atoms with Crippen molar-refractivity contribution >= 4 is 5.91 Å². The highest BCUT2D eigenvalue weighted by Gasteiger charge is 2.32. The van der Waals surface area contributed by atoms with Crippen LogP contribution in [0.4, 0.5) is 13.2 Å². The topological polar surface area (TPSA) is 68.8 Å². The summed E-state index contributed by atoms with van der Waals surface area (Å²) in [5.74, 6) is -1.50. The molecule has 0 radical (unpaired) electrons. The van der Waals surface area contributed by atoms with Crippen LogP contribution >= 0.6 is 0 Å². The van der Waals surface area contributed by atoms with Gasteiger partial charge in [0, 0.05) is 36.4 Å². The Hall–Kier alpha value is -2.55. The molecule has 1 aromatic heterocycles. The van der Waals surface area contributed by atoms with Crippen LogP contribution < -0.4 is 5.49 Å². The molecule has 6 nitrogen and oxygen atoms in total. The summed E-state index contributed by atoms with van der Waals surface area (Å²) in [5.41, 5.74) is -0.416. The molecule has 1 N–H and O–H groups in total. The largest absolute Gasteiger partial charge is 0.508 e. The quantitative estimate of drug-likeness (QED) is 0.814. The number of aromatic nitrogens is 2. The van der Waals surface area contributed by atoms with Crippen LogP contribution in [0.5, 0.6) is 5.75 Å². The summed E-state index contributed by atoms with van der Waals surface area (Å²) in [7, 11) is 1.86. The maximum Gasteiger partial charge on any atom is 0.416 e. The van der Waals surface area contributed by atoms with Crippen molar-refractivity contribution in [2.75, 3.05) is 6.61 Å². The van der Waals surface area contributed by atoms with Crippen molar-refractivity contribution in [2.24, 2.45) is 12.0 Å². The number of phenolic OH excluding ortho intramolecular Hbond substituents is 1. The molecule has 1 saturated heterocycles. The minimum absolute atomic E-state index is 0.0157. The van der Waals surface area contributed by atoms with E-state index >= 15 is 0 Å². The minimum atomic E-state index is -4.68. The lowest BCUT2D eigenvalue weighted by Gasteiger charge is -2.21. The molecule has 1 aliphatic heterocycles. The molecular weight excluding hydrogens is 399 g/mol. The molecule has 1 atom stereocenters. The number of halogens is 3. The molecule has 0 bridgehead atoms. The number of amides is 1. The first-order valence-corrected chi connectivity index (χ1v) is 9.75. The molecular formula is C21H26F3N3O3. The number of carbonyl (C=O) groups excluding carboxylic acids is 1. The van der Waals surface area contributed by atoms with Gasteiger partial charge in [-0.2, -0.15) is 18.2 Å². The highest BCUT2D eigenvalue weighted by molar-refractivity contribution is 5.95. The van der Waals surface area contributed by atoms with Crippen LogP contribution in [0.25, 0.3) is 0 Å². The third kappa shape index (κ3) is 4.77. The second kappa shape index (κ2) is 7.94. The Morgan fingerprint density at radius 1 is 1.23 bits per heavy atom. The first-order valence-electron chi connectivity index (χ1n) is 9.75. The van der Waals surface area contributed by atoms with Gasteiger partial charge in [-0.05, 0) is 31.0 Å². The van der Waals surface area contributed by atoms with E-state index in [0.29, 0.717) is 30.8 Å². The maximum atomic E-state index is 13.0. The zero-order valence-electron chi connectivity index (χ0n) is 17.5. The van der Waals surface area contributed by atoms with Gasteiger partial charge >= 0.3 is 6.18 Å². The third-order valence-corrected chi connectivity index (χ3v) is 5.12. The molecule has 9 heteroatoms. The Morgan fingerprint density at radius 2 is 1.93 bits per heavy atom. The average Bonchev–Trinajstić information content (AvgIpc) is 3.23. The summed E-state index contributed by atoms with van der Waals surface area (Å²) in [6.45, 7) is 7.22. The summed E-state index contributed by atoms with van der Waals surface area (Å²) >= 11 is 0. The Labute approximate surface area is 172 Å². The second-order valence-corrected chi connectivity index (χ2v) is 8.56. The fourth-order valence-electron chi connectivity index (χ4n) is 3.63. The van der Waals surface area contributed by atoms with E-state index in [0.717, 1.165) is 24.6 Å². The lowest BCUT2D eigenvalue weighted by molar-refractivity contribution is -0.137. The number of phenols is 1. The highest BCUT2D eigenvalue weighted by atomic mass is 19.4. The second-order valence-electron chi connectivity index (χ2n) is 8.56. The zero-order chi connectivity index (χ0) is 22.3. The van der Waals surface area contributed by atoms with Crippen molar-refractivity contribution in [3.05, 3.63) is 46.6 Å². The van der Waals surface area contributed by atoms with Gasteiger partial charge in [0.25, 0.3) is 5.91 Å². The summed E-state index contributed by atoms with van der Waals surface area (Å²) < 4.78 is 48.5. The number of ether oxygens (including phenoxy) is 1. The zero-order valence-corrected chi connectivity index (χ0v) is 17.5. The van der Waals surface area contributed by atoms with Crippen LogP contribution in [-0.4, -0.2) is 33.1 Å². The lowest BCUT2D eigenvalue weighted by atomic mass is 9.92. The van der Waals surface area contributed by atoms with Crippen LogP contribution in [-0.2, 0) is 29.9 Å². The van der Waals surface area contributed by atoms with Crippen molar-refractivity contribution in [1.29, 1.82) is 0 Å². The van der Waals surface area contributed by atoms with Gasteiger partial charge in [-0.15, -0.1) is 0 Å². The third-order valence-electron chi connectivity index (χ3n) is 5.12. The van der Waals surface area contributed by atoms with Crippen molar-refractivity contribution in [3.63, 3.8) is 0 Å². The minimum Gasteiger partial charge on any atom is -0.508 e. The van der Waals surface area contributed by atoms with Gasteiger partial charge in [-0.1, -0.05) is 20.8 Å². The SMILES string of the molecule is Cn1c(C(C)(C)C)c/c(=N\C(=O)c2cc(O)cc(C(F)(F)F)c2)n1C[C@H]1CCCO1. The van der Waals surface area contributed by atoms with E-state index in [1.165, 1.54) is 0 Å². The van der Waals surface area contributed by atoms with Gasteiger partial charge in [-0.25, -0.2) is 0 Å². The number of rotatable bonds is 3. The number of aromatic hydroxyl groups is 1. The molecule has 3 rings (SSSR count). The Morgan fingerprint density at radius 3 is 2.50 bits per heavy atom. The molecule has 1 fully saturated rings. The van der Waals surface area contributed by atoms with Crippen LogP contribution in [0.1, 0.15) is 55.2 Å². The molecule has 2 heterocycles. The molecule has 0 spiro atoms. The summed E-state index contributed by atoms with van der Waals surface area (Å²) in [5, 5.41) is 9.65. The van der Waals surface area contributed by atoms with Crippen LogP contribution in [0.3, 0.4) is 0 Å². The van der Waals surface area contributed by atoms with Crippen molar-refractivity contribution in [2.45, 2.75) is 57.9 Å². The van der Waals surface area contributed by atoms with Crippen LogP contribution in [0, 0.1) is 0 Å². The predicted octanol–water partition coefficient (Wildman–Crippen LogP) is 3.77. The first kappa shape index (κ1) is 22.1. The average molecular weight is 425 g/mol. The monoisotopic (exact) mass is 425 g/mol. The van der Waals surface area contributed by atoms with E-state index in [4.69, 9.17) is 4.74 Å². The predicted molar refractivity (Wildman–Crippen MR) is 104 cm³/mol. The number of nitrogens with zero attached hydrogens (tertiary/aromatic N) is 3. The fourth-order valence-corrected chi connectivity index (χ4v) is 3.63. The normalized spacial score (nSPS) is 18.2. The molecule has 1 aliphatic rings. The highest BCUT2D eigenvalue weighted by Crippen LogP contribution is 2.32. The number of benzene rings is 1. The van der Waals surface area contributed by atoms with Gasteiger partial charge in [0.1, 0.15) is 5.75 Å². The van der Waals surface area contributed by atoms with Gasteiger partial charge < -0.3 is 9.84 Å². The van der Waals surface area contributed by atoms with Crippen LogP contribution in [0.15, 0.2) is 29.3 Å². The molecule has 0 saturated carbocycles. The van der Waals surface area contributed by atoms with Crippen LogP contribution in [0.2, 0.25) is 0 Å². The summed E-state index contributed by atoms with van der Waals surface area (Å²) in [6.07, 6.45) is -2.85. The molecule has 1 amide bonds. The van der Waals surface area contributed by atoms with Gasteiger partial charge in [0.2, 0.25) is 0 Å². The van der Waals surface area contributed by atoms with E-state index in [1.807, 2.05) is 37.2 Å². The van der Waals surface area contributed by atoms with Gasteiger partial charge in [0.05, 0.1) is 18.2 Å². The molecule has 0 unspecified atom stereocenters. The standard InChI is InChI=1S/C21H26F3N3O3/c1-20(2,3)17-11-18(27(26(17)4)12-16-6-5-7-30-16)25-19(29)13-8-14(21(22,23)24)10-15(28)9-13/h8-11,16,28H,5-7,12H2,1-4H3/b25-18+/t16-/m1/s1. The Kier molecular flexibility index (Phi) is 5.86. The Bertz CT molecular complexity index is 1010. The fraction of sp³-hybridized carbons (Fsp3) is 0.524. The van der Waals surface area contributed by atoms with E-state index in [9.17, 15) is 23.1 Å². The molecule has 2 aromatic rings. The molecule has 164 valence electrons. The van der Waals surface area contributed by atoms with Gasteiger partial charge in [0.15, 0.2) is 5.49 Å². The summed E-state index contributed by atoms with van der Waals surface area (Å²) in [4.78, 5) is 16.8. The van der Waals surface area contributed by atoms with E-state index in [-0.39, 0.29) is 17.1 Å². The van der Waals surface area contributed by atoms with Crippen molar-refractivity contribution in [3.8, 4) is 5.75 Å². The molecule has 1 aromatic carbocycles. The smallest absolute Gasteiger partial charge is 0.416 e. The van der Waals surface area contributed by atoms with E-state index in [2.05, 4.69) is 4.99 Å². The first-order chi connectivity index (χ1) is 13.9. The maximum absolute atomic E-state index is 13.0. The Balaban J connectivity index is 2.07. The van der Waals surface area contributed by atoms with E-state index < -0.39 is 23.4 Å². The van der Waals surface area contributed by atoms with E-state index in [1.54, 1.807) is 6.07 Å². The molecule has 30 heavy (non-hydrogen) atoms. The number of alkyl halides is 3. The lowest BCUT2D eigenvalue weighted by Crippen LogP contribution is -2.30. The molecule has 0 aliphatic carbocycles. The number of hydrogen-bond acceptors (Lipinski definition) is 3. The van der Waals surface area contributed by atoms with Crippen molar-refractivity contribution in [1.82, 2.24) is 9.36 Å².